The Morgan fingerprint density at radius 3 is 2.67 bits per heavy atom. The van der Waals surface area contributed by atoms with Gasteiger partial charge in [-0.3, -0.25) is 0 Å². The molecule has 0 heterocycles. The molecule has 0 atom stereocenters. The van der Waals surface area contributed by atoms with Crippen LogP contribution in [0.4, 0.5) is 15.8 Å². The van der Waals surface area contributed by atoms with Crippen molar-refractivity contribution in [3.63, 3.8) is 0 Å². The molecule has 0 spiro atoms. The molecule has 0 amide bonds. The average molecular weight is 305 g/mol. The summed E-state index contributed by atoms with van der Waals surface area (Å²) in [6, 6.07) is 12.2. The molecule has 0 aromatic heterocycles. The summed E-state index contributed by atoms with van der Waals surface area (Å²) in [4.78, 5) is 0. The molecule has 4 heteroatoms. The van der Waals surface area contributed by atoms with Gasteiger partial charge in [-0.2, -0.15) is 5.26 Å². The fraction of sp³-hybridized carbons (Fsp3) is 0.0714. The lowest BCUT2D eigenvalue weighted by Gasteiger charge is -2.09. The fourth-order valence-electron chi connectivity index (χ4n) is 1.60. The number of nitrogens with one attached hydrogen (secondary N) is 1. The standard InChI is InChI=1S/C14H10BrFN2/c1-9-6-12(4-5-13(9)16)18-14-7-11(15)3-2-10(14)8-17/h2-7,18H,1H3. The van der Waals surface area contributed by atoms with Crippen LogP contribution in [0.15, 0.2) is 40.9 Å². The van der Waals surface area contributed by atoms with E-state index in [1.807, 2.05) is 6.07 Å². The fourth-order valence-corrected chi connectivity index (χ4v) is 1.96. The predicted octanol–water partition coefficient (Wildman–Crippen LogP) is 4.51. The zero-order chi connectivity index (χ0) is 13.1. The number of hydrogen-bond donors (Lipinski definition) is 1. The van der Waals surface area contributed by atoms with E-state index in [4.69, 9.17) is 5.26 Å². The molecule has 0 unspecified atom stereocenters. The van der Waals surface area contributed by atoms with Crippen LogP contribution in [0.2, 0.25) is 0 Å². The maximum atomic E-state index is 13.2. The summed E-state index contributed by atoms with van der Waals surface area (Å²) < 4.78 is 14.0. The highest BCUT2D eigenvalue weighted by Crippen LogP contribution is 2.25. The van der Waals surface area contributed by atoms with Crippen LogP contribution in [0.1, 0.15) is 11.1 Å². The molecule has 0 aliphatic carbocycles. The number of benzene rings is 2. The molecule has 0 radical (unpaired) electrons. The lowest BCUT2D eigenvalue weighted by Crippen LogP contribution is -1.95. The van der Waals surface area contributed by atoms with Gasteiger partial charge in [-0.25, -0.2) is 4.39 Å². The van der Waals surface area contributed by atoms with E-state index in [0.717, 1.165) is 10.2 Å². The monoisotopic (exact) mass is 304 g/mol. The molecule has 2 rings (SSSR count). The largest absolute Gasteiger partial charge is 0.354 e. The van der Waals surface area contributed by atoms with E-state index < -0.39 is 0 Å². The van der Waals surface area contributed by atoms with Gasteiger partial charge >= 0.3 is 0 Å². The summed E-state index contributed by atoms with van der Waals surface area (Å²) in [5.41, 5.74) is 2.55. The molecule has 18 heavy (non-hydrogen) atoms. The van der Waals surface area contributed by atoms with Crippen molar-refractivity contribution in [1.82, 2.24) is 0 Å². The van der Waals surface area contributed by atoms with Gasteiger partial charge in [0.1, 0.15) is 11.9 Å². The van der Waals surface area contributed by atoms with Gasteiger partial charge in [0.25, 0.3) is 0 Å². The molecular formula is C14H10BrFN2. The second-order valence-corrected chi connectivity index (χ2v) is 4.81. The molecule has 0 fully saturated rings. The minimum atomic E-state index is -0.240. The van der Waals surface area contributed by atoms with Crippen LogP contribution in [-0.2, 0) is 0 Å². The minimum absolute atomic E-state index is 0.240. The first kappa shape index (κ1) is 12.6. The zero-order valence-corrected chi connectivity index (χ0v) is 11.3. The van der Waals surface area contributed by atoms with Gasteiger partial charge in [0.15, 0.2) is 0 Å². The molecule has 90 valence electrons. The summed E-state index contributed by atoms with van der Waals surface area (Å²) in [5, 5.41) is 12.1. The van der Waals surface area contributed by atoms with Crippen LogP contribution in [0, 0.1) is 24.1 Å². The van der Waals surface area contributed by atoms with Crippen molar-refractivity contribution in [3.05, 3.63) is 57.8 Å². The molecule has 2 aromatic carbocycles. The smallest absolute Gasteiger partial charge is 0.126 e. The van der Waals surface area contributed by atoms with Gasteiger partial charge in [0, 0.05) is 10.2 Å². The zero-order valence-electron chi connectivity index (χ0n) is 9.67. The van der Waals surface area contributed by atoms with Crippen LogP contribution in [0.5, 0.6) is 0 Å². The highest BCUT2D eigenvalue weighted by atomic mass is 79.9. The van der Waals surface area contributed by atoms with Crippen LogP contribution in [0.25, 0.3) is 0 Å². The van der Waals surface area contributed by atoms with Crippen molar-refractivity contribution >= 4 is 27.3 Å². The van der Waals surface area contributed by atoms with Crippen molar-refractivity contribution in [3.8, 4) is 6.07 Å². The van der Waals surface area contributed by atoms with Gasteiger partial charge in [0.05, 0.1) is 11.3 Å². The number of anilines is 2. The Kier molecular flexibility index (Phi) is 3.63. The Morgan fingerprint density at radius 1 is 1.22 bits per heavy atom. The first-order valence-corrected chi connectivity index (χ1v) is 6.12. The minimum Gasteiger partial charge on any atom is -0.354 e. The third-order valence-electron chi connectivity index (χ3n) is 2.54. The number of rotatable bonds is 2. The lowest BCUT2D eigenvalue weighted by atomic mass is 10.1. The highest BCUT2D eigenvalue weighted by molar-refractivity contribution is 9.10. The van der Waals surface area contributed by atoms with E-state index >= 15 is 0 Å². The van der Waals surface area contributed by atoms with Crippen LogP contribution >= 0.6 is 15.9 Å². The van der Waals surface area contributed by atoms with Crippen LogP contribution in [0.3, 0.4) is 0 Å². The summed E-state index contributed by atoms with van der Waals surface area (Å²) >= 11 is 3.36. The van der Waals surface area contributed by atoms with Crippen molar-refractivity contribution in [2.75, 3.05) is 5.32 Å². The number of aryl methyl sites for hydroxylation is 1. The summed E-state index contributed by atoms with van der Waals surface area (Å²) in [7, 11) is 0. The summed E-state index contributed by atoms with van der Waals surface area (Å²) in [5.74, 6) is -0.240. The lowest BCUT2D eigenvalue weighted by molar-refractivity contribution is 0.619. The quantitative estimate of drug-likeness (QED) is 0.886. The van der Waals surface area contributed by atoms with E-state index in [-0.39, 0.29) is 5.82 Å². The second kappa shape index (κ2) is 5.19. The van der Waals surface area contributed by atoms with Gasteiger partial charge in [-0.05, 0) is 48.9 Å². The Balaban J connectivity index is 2.36. The van der Waals surface area contributed by atoms with Crippen molar-refractivity contribution in [2.45, 2.75) is 6.92 Å². The number of nitrogens with zero attached hydrogens (tertiary/aromatic N) is 1. The van der Waals surface area contributed by atoms with Gasteiger partial charge in [-0.15, -0.1) is 0 Å². The molecule has 0 saturated carbocycles. The molecule has 0 saturated heterocycles. The molecule has 2 nitrogen and oxygen atoms in total. The molecule has 0 aliphatic heterocycles. The van der Waals surface area contributed by atoms with Gasteiger partial charge in [-0.1, -0.05) is 15.9 Å². The molecule has 0 aliphatic rings. The molecule has 2 aromatic rings. The van der Waals surface area contributed by atoms with E-state index in [2.05, 4.69) is 27.3 Å². The van der Waals surface area contributed by atoms with Gasteiger partial charge in [0.2, 0.25) is 0 Å². The average Bonchev–Trinajstić information content (AvgIpc) is 2.34. The predicted molar refractivity (Wildman–Crippen MR) is 73.3 cm³/mol. The topological polar surface area (TPSA) is 35.8 Å². The number of nitriles is 1. The Hall–Kier alpha value is -1.86. The van der Waals surface area contributed by atoms with E-state index in [1.54, 1.807) is 31.2 Å². The number of hydrogen-bond acceptors (Lipinski definition) is 2. The molecule has 0 bridgehead atoms. The normalized spacial score (nSPS) is 9.89. The molecule has 1 N–H and O–H groups in total. The van der Waals surface area contributed by atoms with Crippen LogP contribution < -0.4 is 5.32 Å². The molecular weight excluding hydrogens is 295 g/mol. The third kappa shape index (κ3) is 2.69. The van der Waals surface area contributed by atoms with Crippen molar-refractivity contribution in [2.24, 2.45) is 0 Å². The van der Waals surface area contributed by atoms with Crippen molar-refractivity contribution < 1.29 is 4.39 Å². The third-order valence-corrected chi connectivity index (χ3v) is 3.03. The maximum Gasteiger partial charge on any atom is 0.126 e. The SMILES string of the molecule is Cc1cc(Nc2cc(Br)ccc2C#N)ccc1F. The highest BCUT2D eigenvalue weighted by Gasteiger charge is 2.04. The Labute approximate surface area is 113 Å². The number of halogens is 2. The maximum absolute atomic E-state index is 13.2. The van der Waals surface area contributed by atoms with Crippen LogP contribution in [-0.4, -0.2) is 0 Å². The van der Waals surface area contributed by atoms with E-state index in [1.165, 1.54) is 6.07 Å². The first-order valence-electron chi connectivity index (χ1n) is 5.33. The first-order chi connectivity index (χ1) is 8.60. The van der Waals surface area contributed by atoms with E-state index in [0.29, 0.717) is 16.8 Å². The summed E-state index contributed by atoms with van der Waals surface area (Å²) in [6.45, 7) is 1.70. The van der Waals surface area contributed by atoms with E-state index in [9.17, 15) is 4.39 Å². The Morgan fingerprint density at radius 2 is 2.00 bits per heavy atom. The van der Waals surface area contributed by atoms with Crippen molar-refractivity contribution in [1.29, 1.82) is 5.26 Å². The second-order valence-electron chi connectivity index (χ2n) is 3.89. The Bertz CT molecular complexity index is 632. The van der Waals surface area contributed by atoms with Gasteiger partial charge < -0.3 is 5.32 Å². The summed E-state index contributed by atoms with van der Waals surface area (Å²) in [6.07, 6.45) is 0.